The molecule has 43 heavy (non-hydrogen) atoms. The lowest BCUT2D eigenvalue weighted by atomic mass is 10.2. The first-order valence-corrected chi connectivity index (χ1v) is 15.7. The first kappa shape index (κ1) is 26.1. The van der Waals surface area contributed by atoms with E-state index in [0.29, 0.717) is 5.69 Å². The Bertz CT molecular complexity index is 1720. The van der Waals surface area contributed by atoms with Gasteiger partial charge in [-0.2, -0.15) is 0 Å². The fourth-order valence-corrected chi connectivity index (χ4v) is 9.07. The van der Waals surface area contributed by atoms with Gasteiger partial charge in [0.05, 0.1) is 51.6 Å². The fraction of sp³-hybridized carbons (Fsp3) is 0. The van der Waals surface area contributed by atoms with Crippen molar-refractivity contribution in [2.75, 3.05) is 0 Å². The van der Waals surface area contributed by atoms with E-state index >= 15 is 0 Å². The van der Waals surface area contributed by atoms with Crippen molar-refractivity contribution in [1.82, 2.24) is 39.9 Å². The molecular formula is C34H24N8Si. The molecule has 7 aromatic rings. The second kappa shape index (κ2) is 11.6. The lowest BCUT2D eigenvalue weighted by molar-refractivity contribution is 1.18. The summed E-state index contributed by atoms with van der Waals surface area (Å²) >= 11 is 0. The van der Waals surface area contributed by atoms with Gasteiger partial charge < -0.3 is 0 Å². The average Bonchev–Trinajstić information content (AvgIpc) is 3.11. The van der Waals surface area contributed by atoms with Crippen LogP contribution in [-0.4, -0.2) is 47.9 Å². The minimum atomic E-state index is -3.23. The van der Waals surface area contributed by atoms with Crippen molar-refractivity contribution in [3.63, 3.8) is 0 Å². The standard InChI is InChI=1S/C34H24N8Si/c1-3-10-25(11-4-1)29-19-40-32(22-37-29)43(27-13-5-2-6-14-27,33-23-38-30(20-41-33)26-12-9-16-35-18-26)34-24-39-31(21-42-34)28-15-7-8-17-36-28/h1-24H. The minimum absolute atomic E-state index is 0.684. The van der Waals surface area contributed by atoms with E-state index in [-0.39, 0.29) is 0 Å². The van der Waals surface area contributed by atoms with E-state index in [0.717, 1.165) is 49.3 Å². The van der Waals surface area contributed by atoms with Crippen LogP contribution in [0.3, 0.4) is 0 Å². The Labute approximate surface area is 249 Å². The molecule has 0 bridgehead atoms. The number of hydrogen-bond donors (Lipinski definition) is 0. The van der Waals surface area contributed by atoms with Gasteiger partial charge in [-0.3, -0.25) is 39.9 Å². The highest BCUT2D eigenvalue weighted by atomic mass is 28.3. The quantitative estimate of drug-likeness (QED) is 0.268. The zero-order chi connectivity index (χ0) is 28.9. The smallest absolute Gasteiger partial charge is 0.249 e. The maximum Gasteiger partial charge on any atom is 0.249 e. The third-order valence-electron chi connectivity index (χ3n) is 7.27. The van der Waals surface area contributed by atoms with Crippen LogP contribution in [0, 0.1) is 0 Å². The van der Waals surface area contributed by atoms with Crippen LogP contribution in [0.15, 0.2) is 147 Å². The summed E-state index contributed by atoms with van der Waals surface area (Å²) in [6.07, 6.45) is 16.2. The van der Waals surface area contributed by atoms with E-state index in [9.17, 15) is 0 Å². The first-order valence-electron chi connectivity index (χ1n) is 13.7. The van der Waals surface area contributed by atoms with Crippen LogP contribution < -0.4 is 21.1 Å². The van der Waals surface area contributed by atoms with E-state index in [1.165, 1.54) is 0 Å². The molecule has 0 N–H and O–H groups in total. The summed E-state index contributed by atoms with van der Waals surface area (Å²) in [6, 6.07) is 29.9. The summed E-state index contributed by atoms with van der Waals surface area (Å²) in [5.74, 6) is 0. The van der Waals surface area contributed by atoms with Gasteiger partial charge in [0.1, 0.15) is 5.69 Å². The molecule has 0 aliphatic heterocycles. The van der Waals surface area contributed by atoms with Crippen LogP contribution in [0.25, 0.3) is 33.9 Å². The summed E-state index contributed by atoms with van der Waals surface area (Å²) in [5, 5.41) is 3.36. The summed E-state index contributed by atoms with van der Waals surface area (Å²) in [6.45, 7) is 0. The molecule has 8 nitrogen and oxygen atoms in total. The van der Waals surface area contributed by atoms with E-state index in [1.54, 1.807) is 31.0 Å². The topological polar surface area (TPSA) is 103 Å². The third kappa shape index (κ3) is 4.98. The summed E-state index contributed by atoms with van der Waals surface area (Å²) in [4.78, 5) is 38.4. The Morgan fingerprint density at radius 2 is 0.907 bits per heavy atom. The lowest BCUT2D eigenvalue weighted by Crippen LogP contribution is -2.77. The van der Waals surface area contributed by atoms with Gasteiger partial charge in [0.15, 0.2) is 0 Å². The van der Waals surface area contributed by atoms with Gasteiger partial charge in [0, 0.05) is 48.3 Å². The van der Waals surface area contributed by atoms with Crippen LogP contribution >= 0.6 is 0 Å². The van der Waals surface area contributed by atoms with Gasteiger partial charge in [0.2, 0.25) is 8.07 Å². The zero-order valence-corrected chi connectivity index (χ0v) is 23.9. The molecule has 9 heteroatoms. The highest BCUT2D eigenvalue weighted by molar-refractivity contribution is 7.18. The number of nitrogens with zero attached hydrogens (tertiary/aromatic N) is 8. The predicted molar refractivity (Wildman–Crippen MR) is 169 cm³/mol. The molecule has 5 aromatic heterocycles. The van der Waals surface area contributed by atoms with Crippen molar-refractivity contribution >= 4 is 29.2 Å². The first-order chi connectivity index (χ1) is 21.3. The van der Waals surface area contributed by atoms with Crippen molar-refractivity contribution in [2.45, 2.75) is 0 Å². The van der Waals surface area contributed by atoms with Crippen LogP contribution in [0.2, 0.25) is 0 Å². The molecule has 2 aromatic carbocycles. The van der Waals surface area contributed by atoms with Gasteiger partial charge in [-0.05, 0) is 29.5 Å². The Morgan fingerprint density at radius 3 is 1.44 bits per heavy atom. The molecule has 0 fully saturated rings. The van der Waals surface area contributed by atoms with E-state index in [1.807, 2.05) is 104 Å². The molecular weight excluding hydrogens is 549 g/mol. The molecule has 5 heterocycles. The van der Waals surface area contributed by atoms with Crippen molar-refractivity contribution in [3.05, 3.63) is 147 Å². The molecule has 204 valence electrons. The normalized spacial score (nSPS) is 12.4. The molecule has 1 unspecified atom stereocenters. The Kier molecular flexibility index (Phi) is 7.04. The zero-order valence-electron chi connectivity index (χ0n) is 22.9. The minimum Gasteiger partial charge on any atom is -0.264 e. The van der Waals surface area contributed by atoms with E-state index in [2.05, 4.69) is 22.1 Å². The number of pyridine rings is 2. The third-order valence-corrected chi connectivity index (χ3v) is 11.5. The van der Waals surface area contributed by atoms with Crippen molar-refractivity contribution in [1.29, 1.82) is 0 Å². The molecule has 1 atom stereocenters. The lowest BCUT2D eigenvalue weighted by Gasteiger charge is -2.30. The summed E-state index contributed by atoms with van der Waals surface area (Å²) in [7, 11) is -3.23. The average molecular weight is 573 g/mol. The van der Waals surface area contributed by atoms with Crippen molar-refractivity contribution in [3.8, 4) is 33.9 Å². The van der Waals surface area contributed by atoms with Crippen LogP contribution in [-0.2, 0) is 0 Å². The summed E-state index contributed by atoms with van der Waals surface area (Å²) < 4.78 is 0. The number of hydrogen-bond acceptors (Lipinski definition) is 8. The molecule has 0 saturated heterocycles. The molecule has 0 amide bonds. The van der Waals surface area contributed by atoms with E-state index in [4.69, 9.17) is 29.9 Å². The number of aromatic nitrogens is 8. The SMILES string of the molecule is c1ccc(-c2cnc([Si](c3ccccc3)(c3cnc(-c4cccnc4)cn3)c3cnc(-c4ccccn4)cn3)cn2)cc1. The predicted octanol–water partition coefficient (Wildman–Crippen LogP) is 3.23. The highest BCUT2D eigenvalue weighted by Crippen LogP contribution is 2.17. The molecule has 7 rings (SSSR count). The van der Waals surface area contributed by atoms with Gasteiger partial charge >= 0.3 is 0 Å². The second-order valence-corrected chi connectivity index (χ2v) is 13.4. The molecule has 0 saturated carbocycles. The molecule has 0 spiro atoms. The van der Waals surface area contributed by atoms with Gasteiger partial charge in [-0.25, -0.2) is 0 Å². The fourth-order valence-electron chi connectivity index (χ4n) is 5.16. The summed E-state index contributed by atoms with van der Waals surface area (Å²) in [5.41, 5.74) is 4.84. The van der Waals surface area contributed by atoms with Crippen LogP contribution in [0.5, 0.6) is 0 Å². The molecule has 0 radical (unpaired) electrons. The number of rotatable bonds is 7. The van der Waals surface area contributed by atoms with Crippen molar-refractivity contribution in [2.24, 2.45) is 0 Å². The maximum absolute atomic E-state index is 5.06. The molecule has 0 aliphatic rings. The number of benzene rings is 2. The van der Waals surface area contributed by atoms with Crippen LogP contribution in [0.1, 0.15) is 0 Å². The van der Waals surface area contributed by atoms with Gasteiger partial charge in [0.25, 0.3) is 0 Å². The Balaban J connectivity index is 1.44. The van der Waals surface area contributed by atoms with Crippen molar-refractivity contribution < 1.29 is 0 Å². The maximum atomic E-state index is 5.06. The monoisotopic (exact) mass is 572 g/mol. The highest BCUT2D eigenvalue weighted by Gasteiger charge is 2.47. The van der Waals surface area contributed by atoms with Gasteiger partial charge in [-0.1, -0.05) is 66.7 Å². The van der Waals surface area contributed by atoms with Crippen LogP contribution in [0.4, 0.5) is 0 Å². The van der Waals surface area contributed by atoms with E-state index < -0.39 is 8.07 Å². The largest absolute Gasteiger partial charge is 0.264 e. The second-order valence-electron chi connectivity index (χ2n) is 9.80. The Morgan fingerprint density at radius 1 is 0.349 bits per heavy atom. The molecule has 0 aliphatic carbocycles. The Hall–Kier alpha value is -5.80. The van der Waals surface area contributed by atoms with Gasteiger partial charge in [-0.15, -0.1) is 0 Å².